The van der Waals surface area contributed by atoms with Gasteiger partial charge in [0.2, 0.25) is 11.9 Å². The number of rotatable bonds is 13. The number of nitrogens with zero attached hydrogens (tertiary/aromatic N) is 4. The maximum absolute atomic E-state index is 14.1. The van der Waals surface area contributed by atoms with E-state index in [1.165, 1.54) is 0 Å². The Hall–Kier alpha value is -6.21. The van der Waals surface area contributed by atoms with E-state index in [0.717, 1.165) is 29.1 Å². The first-order valence-corrected chi connectivity index (χ1v) is 23.5. The molecule has 0 bridgehead atoms. The lowest BCUT2D eigenvalue weighted by atomic mass is 10.1. The van der Waals surface area contributed by atoms with Crippen molar-refractivity contribution in [3.63, 3.8) is 0 Å². The predicted molar refractivity (Wildman–Crippen MR) is 270 cm³/mol. The quantitative estimate of drug-likeness (QED) is 0.0623. The number of hydrogen-bond acceptors (Lipinski definition) is 14. The van der Waals surface area contributed by atoms with Crippen LogP contribution in [0.2, 0.25) is 0 Å². The molecule has 1 aromatic carbocycles. The first-order valence-electron chi connectivity index (χ1n) is 23.5. The molecule has 70 heavy (non-hydrogen) atoms. The fourth-order valence-electron chi connectivity index (χ4n) is 5.50. The molecule has 0 unspecified atom stereocenters. The number of aliphatic imine (C=N–C) groups is 2. The Labute approximate surface area is 415 Å². The molecule has 0 aliphatic rings. The zero-order valence-electron chi connectivity index (χ0n) is 45.0. The Morgan fingerprint density at radius 2 is 0.929 bits per heavy atom. The molecule has 0 aliphatic heterocycles. The molecular weight excluding hydrogens is 905 g/mol. The Morgan fingerprint density at radius 3 is 1.37 bits per heavy atom. The average Bonchev–Trinajstić information content (AvgIpc) is 3.12. The fourth-order valence-corrected chi connectivity index (χ4v) is 5.50. The number of unbranched alkanes of at least 4 members (excludes halogenated alkanes) is 5. The average molecular weight is 987 g/mol. The van der Waals surface area contributed by atoms with Crippen molar-refractivity contribution < 1.29 is 57.2 Å². The van der Waals surface area contributed by atoms with Crippen molar-refractivity contribution >= 4 is 60.4 Å². The molecular formula is C50H82N8O12. The number of amidine groups is 1. The highest BCUT2D eigenvalue weighted by atomic mass is 16.6. The van der Waals surface area contributed by atoms with Crippen LogP contribution in [0.3, 0.4) is 0 Å². The van der Waals surface area contributed by atoms with Crippen LogP contribution in [0.1, 0.15) is 174 Å². The van der Waals surface area contributed by atoms with Crippen LogP contribution in [0.5, 0.6) is 0 Å². The summed E-state index contributed by atoms with van der Waals surface area (Å²) in [5, 5.41) is 15.7. The van der Waals surface area contributed by atoms with Crippen LogP contribution in [0.15, 0.2) is 40.3 Å². The van der Waals surface area contributed by atoms with Crippen LogP contribution >= 0.6 is 0 Å². The molecule has 0 saturated carbocycles. The van der Waals surface area contributed by atoms with Crippen molar-refractivity contribution in [3.05, 3.63) is 41.5 Å². The van der Waals surface area contributed by atoms with Crippen LogP contribution in [0.4, 0.5) is 28.8 Å². The molecule has 1 aromatic rings. The summed E-state index contributed by atoms with van der Waals surface area (Å²) in [7, 11) is 0. The van der Waals surface area contributed by atoms with E-state index in [2.05, 4.69) is 25.9 Å². The molecule has 0 spiro atoms. The number of nitrogens with one attached hydrogen (secondary N) is 4. The van der Waals surface area contributed by atoms with Gasteiger partial charge < -0.3 is 28.4 Å². The highest BCUT2D eigenvalue weighted by molar-refractivity contribution is 6.06. The third-order valence-corrected chi connectivity index (χ3v) is 8.02. The Balaban J connectivity index is 3.42. The van der Waals surface area contributed by atoms with Gasteiger partial charge >= 0.3 is 36.6 Å². The van der Waals surface area contributed by atoms with E-state index in [-0.39, 0.29) is 37.4 Å². The highest BCUT2D eigenvalue weighted by Crippen LogP contribution is 2.19. The van der Waals surface area contributed by atoms with Crippen molar-refractivity contribution in [1.82, 2.24) is 25.8 Å². The predicted octanol–water partition coefficient (Wildman–Crippen LogP) is 11.1. The number of ether oxygens (including phenoxy) is 6. The molecule has 0 aliphatic carbocycles. The maximum Gasteiger partial charge on any atom is 0.437 e. The summed E-state index contributed by atoms with van der Waals surface area (Å²) in [4.78, 5) is 89.6. The first-order chi connectivity index (χ1) is 31.8. The minimum atomic E-state index is -1.06. The Kier molecular flexibility index (Phi) is 23.6. The SMILES string of the molecule is CC(C)(C)OC(=O)N=C(N(C/C=C/c1ccc(C(=N)NC(=O)OC(C)(C)C)cc1)C(=O)OC(C)(C)C)N(CCCCCCCCN=C(NC(=O)OC(C)(C)C)NC(=O)OC(C)(C)C)C(=O)OC(C)(C)C. The van der Waals surface area contributed by atoms with Crippen LogP contribution in [-0.4, -0.2) is 117 Å². The monoisotopic (exact) mass is 987 g/mol. The van der Waals surface area contributed by atoms with Crippen LogP contribution < -0.4 is 16.0 Å². The van der Waals surface area contributed by atoms with E-state index in [0.29, 0.717) is 30.4 Å². The van der Waals surface area contributed by atoms with Gasteiger partial charge in [0, 0.05) is 18.7 Å². The number of alkyl carbamates (subject to hydrolysis) is 3. The van der Waals surface area contributed by atoms with Crippen molar-refractivity contribution in [2.75, 3.05) is 19.6 Å². The van der Waals surface area contributed by atoms with Crippen LogP contribution in [-0.2, 0) is 28.4 Å². The van der Waals surface area contributed by atoms with Crippen molar-refractivity contribution in [2.45, 2.75) is 197 Å². The molecule has 0 heterocycles. The van der Waals surface area contributed by atoms with Gasteiger partial charge in [-0.05, 0) is 143 Å². The standard InChI is InChI=1S/C50H82N8O12/c1-45(2,3)65-39(59)53-36(51)35-29-27-34(28-30-35)26-25-33-58(44(64)70-50(16,17)18)38(56-42(62)68-48(10,11)12)57(43(63)69-49(13,14)15)32-24-22-20-19-21-23-31-52-37(54-40(60)66-46(4,5)6)55-41(61)67-47(7,8)9/h25-30H,19-24,31-33H2,1-18H3,(H2,51,53,59)(H2,52,54,55,60,61)/b26-25+,56-38?. The molecule has 0 fully saturated rings. The number of carbonyl (C=O) groups is 6. The van der Waals surface area contributed by atoms with Crippen molar-refractivity contribution in [1.29, 1.82) is 5.41 Å². The number of hydrogen-bond donors (Lipinski definition) is 4. The summed E-state index contributed by atoms with van der Waals surface area (Å²) in [5.41, 5.74) is -4.15. The molecule has 0 aromatic heterocycles. The highest BCUT2D eigenvalue weighted by Gasteiger charge is 2.35. The summed E-state index contributed by atoms with van der Waals surface area (Å²) in [6, 6.07) is 6.67. The second-order valence-corrected chi connectivity index (χ2v) is 22.2. The lowest BCUT2D eigenvalue weighted by Crippen LogP contribution is -2.53. The van der Waals surface area contributed by atoms with E-state index >= 15 is 0 Å². The molecule has 394 valence electrons. The normalized spacial score (nSPS) is 12.5. The third-order valence-electron chi connectivity index (χ3n) is 8.02. The van der Waals surface area contributed by atoms with Crippen molar-refractivity contribution in [3.8, 4) is 0 Å². The smallest absolute Gasteiger partial charge is 0.437 e. The zero-order chi connectivity index (χ0) is 53.9. The molecule has 20 heteroatoms. The number of benzene rings is 1. The Morgan fingerprint density at radius 1 is 0.529 bits per heavy atom. The van der Waals surface area contributed by atoms with Gasteiger partial charge in [-0.3, -0.25) is 26.4 Å². The summed E-state index contributed by atoms with van der Waals surface area (Å²) in [5.74, 6) is -0.632. The fraction of sp³-hybridized carbons (Fsp3) is 0.660. The minimum Gasteiger partial charge on any atom is -0.444 e. The van der Waals surface area contributed by atoms with Gasteiger partial charge in [0.1, 0.15) is 39.4 Å². The Bertz CT molecular complexity index is 1990. The van der Waals surface area contributed by atoms with E-state index < -0.39 is 70.2 Å². The van der Waals surface area contributed by atoms with Crippen LogP contribution in [0.25, 0.3) is 6.08 Å². The topological polar surface area (TPSA) is 249 Å². The second kappa shape index (κ2) is 26.7. The summed E-state index contributed by atoms with van der Waals surface area (Å²) in [6.45, 7) is 30.6. The van der Waals surface area contributed by atoms with E-state index in [9.17, 15) is 28.8 Å². The number of carbonyl (C=O) groups excluding carboxylic acids is 6. The first kappa shape index (κ1) is 61.8. The van der Waals surface area contributed by atoms with Crippen molar-refractivity contribution in [2.24, 2.45) is 9.98 Å². The molecule has 20 nitrogen and oxygen atoms in total. The summed E-state index contributed by atoms with van der Waals surface area (Å²) >= 11 is 0. The van der Waals surface area contributed by atoms with Gasteiger partial charge in [0.25, 0.3) is 0 Å². The molecule has 1 rings (SSSR count). The molecule has 4 N–H and O–H groups in total. The van der Waals surface area contributed by atoms with E-state index in [4.69, 9.17) is 33.8 Å². The summed E-state index contributed by atoms with van der Waals surface area (Å²) in [6.07, 6.45) is 2.05. The molecule has 0 radical (unpaired) electrons. The lowest BCUT2D eigenvalue weighted by molar-refractivity contribution is 0.0281. The van der Waals surface area contributed by atoms with Gasteiger partial charge in [0.15, 0.2) is 0 Å². The molecule has 6 amide bonds. The van der Waals surface area contributed by atoms with E-state index in [1.807, 2.05) is 0 Å². The van der Waals surface area contributed by atoms with Gasteiger partial charge in [-0.2, -0.15) is 0 Å². The molecule has 0 atom stereocenters. The van der Waals surface area contributed by atoms with Gasteiger partial charge in [-0.15, -0.1) is 4.99 Å². The van der Waals surface area contributed by atoms with Gasteiger partial charge in [-0.1, -0.05) is 62.1 Å². The second-order valence-electron chi connectivity index (χ2n) is 22.2. The zero-order valence-corrected chi connectivity index (χ0v) is 45.0. The number of amides is 6. The summed E-state index contributed by atoms with van der Waals surface area (Å²) < 4.78 is 33.0. The maximum atomic E-state index is 14.1. The lowest BCUT2D eigenvalue weighted by Gasteiger charge is -2.33. The third kappa shape index (κ3) is 29.6. The minimum absolute atomic E-state index is 0.00930. The largest absolute Gasteiger partial charge is 0.444 e. The van der Waals surface area contributed by atoms with Crippen LogP contribution in [0, 0.1) is 5.41 Å². The molecule has 0 saturated heterocycles. The van der Waals surface area contributed by atoms with E-state index in [1.54, 1.807) is 161 Å². The number of guanidine groups is 2. The van der Waals surface area contributed by atoms with Gasteiger partial charge in [0.05, 0.1) is 6.54 Å². The van der Waals surface area contributed by atoms with Gasteiger partial charge in [-0.25, -0.2) is 38.6 Å².